The van der Waals surface area contributed by atoms with Gasteiger partial charge in [0.15, 0.2) is 5.60 Å². The number of rotatable bonds is 9. The zero-order valence-corrected chi connectivity index (χ0v) is 10.4. The molecule has 8 nitrogen and oxygen atoms in total. The van der Waals surface area contributed by atoms with E-state index in [0.717, 1.165) is 6.26 Å². The van der Waals surface area contributed by atoms with E-state index in [2.05, 4.69) is 11.3 Å². The van der Waals surface area contributed by atoms with Gasteiger partial charge in [-0.15, -0.1) is 0 Å². The minimum Gasteiger partial charge on any atom is -0.495 e. The summed E-state index contributed by atoms with van der Waals surface area (Å²) in [5, 5.41) is 26.8. The van der Waals surface area contributed by atoms with Crippen molar-refractivity contribution < 1.29 is 39.2 Å². The van der Waals surface area contributed by atoms with Crippen LogP contribution in [-0.2, 0) is 23.9 Å². The summed E-state index contributed by atoms with van der Waals surface area (Å²) in [6.45, 7) is 4.70. The molecular formula is C11H16O8. The molecule has 0 aromatic carbocycles. The molecule has 108 valence electrons. The summed E-state index contributed by atoms with van der Waals surface area (Å²) in [6, 6.07) is 0. The van der Waals surface area contributed by atoms with Crippen molar-refractivity contribution in [3.63, 3.8) is 0 Å². The van der Waals surface area contributed by atoms with Crippen LogP contribution in [0.15, 0.2) is 12.8 Å². The van der Waals surface area contributed by atoms with Gasteiger partial charge in [-0.05, 0) is 6.92 Å². The highest BCUT2D eigenvalue weighted by Gasteiger charge is 2.41. The third kappa shape index (κ3) is 6.41. The first-order valence-corrected chi connectivity index (χ1v) is 5.31. The molecule has 0 fully saturated rings. The summed E-state index contributed by atoms with van der Waals surface area (Å²) >= 11 is 0. The topological polar surface area (TPSA) is 130 Å². The summed E-state index contributed by atoms with van der Waals surface area (Å²) in [7, 11) is 0. The normalized spacial score (nSPS) is 14.8. The number of carboxylic acids is 2. The van der Waals surface area contributed by atoms with Gasteiger partial charge >= 0.3 is 17.9 Å². The highest BCUT2D eigenvalue weighted by molar-refractivity contribution is 5.88. The van der Waals surface area contributed by atoms with Crippen LogP contribution in [0, 0.1) is 0 Å². The van der Waals surface area contributed by atoms with Crippen LogP contribution in [0.2, 0.25) is 0 Å². The molecule has 0 bridgehead atoms. The molecule has 3 N–H and O–H groups in total. The molecule has 0 aliphatic carbocycles. The lowest BCUT2D eigenvalue weighted by molar-refractivity contribution is -0.172. The maximum Gasteiger partial charge on any atom is 0.336 e. The highest BCUT2D eigenvalue weighted by Crippen LogP contribution is 2.17. The zero-order valence-electron chi connectivity index (χ0n) is 10.4. The standard InChI is InChI=1S/C11H16O8/c1-3-18-7(2)6-19-9(14)5-11(17,10(15)16)4-8(12)13/h3,7,17H,1,4-6H2,2H3,(H,12,13)(H,15,16). The van der Waals surface area contributed by atoms with Crippen molar-refractivity contribution in [1.29, 1.82) is 0 Å². The number of esters is 1. The van der Waals surface area contributed by atoms with E-state index in [4.69, 9.17) is 14.9 Å². The fraction of sp³-hybridized carbons (Fsp3) is 0.545. The van der Waals surface area contributed by atoms with Gasteiger partial charge in [0.2, 0.25) is 0 Å². The van der Waals surface area contributed by atoms with Crippen LogP contribution < -0.4 is 0 Å². The largest absolute Gasteiger partial charge is 0.495 e. The summed E-state index contributed by atoms with van der Waals surface area (Å²) in [5.74, 6) is -4.38. The summed E-state index contributed by atoms with van der Waals surface area (Å²) in [4.78, 5) is 32.6. The SMILES string of the molecule is C=COC(C)COC(=O)CC(O)(CC(=O)O)C(=O)O. The van der Waals surface area contributed by atoms with Gasteiger partial charge in [0.1, 0.15) is 12.7 Å². The summed E-state index contributed by atoms with van der Waals surface area (Å²) in [6.07, 6.45) is -1.40. The van der Waals surface area contributed by atoms with E-state index in [1.54, 1.807) is 6.92 Å². The number of aliphatic carboxylic acids is 2. The number of carbonyl (C=O) groups is 3. The lowest BCUT2D eigenvalue weighted by Gasteiger charge is -2.20. The lowest BCUT2D eigenvalue weighted by Crippen LogP contribution is -2.43. The van der Waals surface area contributed by atoms with E-state index in [0.29, 0.717) is 0 Å². The van der Waals surface area contributed by atoms with Crippen LogP contribution in [0.4, 0.5) is 0 Å². The molecule has 0 aliphatic rings. The minimum absolute atomic E-state index is 0.173. The molecule has 0 amide bonds. The van der Waals surface area contributed by atoms with Crippen molar-refractivity contribution >= 4 is 17.9 Å². The van der Waals surface area contributed by atoms with Gasteiger partial charge in [-0.3, -0.25) is 9.59 Å². The first kappa shape index (κ1) is 16.9. The number of hydrogen-bond acceptors (Lipinski definition) is 6. The predicted molar refractivity (Wildman–Crippen MR) is 61.2 cm³/mol. The van der Waals surface area contributed by atoms with Crippen LogP contribution in [0.3, 0.4) is 0 Å². The molecular weight excluding hydrogens is 260 g/mol. The van der Waals surface area contributed by atoms with Gasteiger partial charge in [-0.25, -0.2) is 4.79 Å². The summed E-state index contributed by atoms with van der Waals surface area (Å²) in [5.41, 5.74) is -2.69. The number of ether oxygens (including phenoxy) is 2. The van der Waals surface area contributed by atoms with Crippen LogP contribution >= 0.6 is 0 Å². The smallest absolute Gasteiger partial charge is 0.336 e. The second-order valence-corrected chi connectivity index (χ2v) is 3.88. The van der Waals surface area contributed by atoms with Crippen molar-refractivity contribution in [2.45, 2.75) is 31.5 Å². The van der Waals surface area contributed by atoms with Gasteiger partial charge in [0.25, 0.3) is 0 Å². The second kappa shape index (κ2) is 7.37. The van der Waals surface area contributed by atoms with Gasteiger partial charge in [0.05, 0.1) is 19.1 Å². The van der Waals surface area contributed by atoms with E-state index in [1.807, 2.05) is 0 Å². The van der Waals surface area contributed by atoms with Crippen LogP contribution in [-0.4, -0.2) is 51.5 Å². The summed E-state index contributed by atoms with van der Waals surface area (Å²) < 4.78 is 9.50. The third-order valence-electron chi connectivity index (χ3n) is 2.09. The van der Waals surface area contributed by atoms with Crippen molar-refractivity contribution in [3.05, 3.63) is 12.8 Å². The van der Waals surface area contributed by atoms with E-state index in [9.17, 15) is 19.5 Å². The number of hydrogen-bond donors (Lipinski definition) is 3. The van der Waals surface area contributed by atoms with Crippen molar-refractivity contribution in [1.82, 2.24) is 0 Å². The molecule has 0 heterocycles. The third-order valence-corrected chi connectivity index (χ3v) is 2.09. The Labute approximate surface area is 109 Å². The second-order valence-electron chi connectivity index (χ2n) is 3.88. The Kier molecular flexibility index (Phi) is 6.56. The maximum absolute atomic E-state index is 11.3. The van der Waals surface area contributed by atoms with Crippen LogP contribution in [0.25, 0.3) is 0 Å². The van der Waals surface area contributed by atoms with Crippen molar-refractivity contribution in [2.24, 2.45) is 0 Å². The monoisotopic (exact) mass is 276 g/mol. The van der Waals surface area contributed by atoms with E-state index < -0.39 is 42.5 Å². The van der Waals surface area contributed by atoms with Gasteiger partial charge < -0.3 is 24.8 Å². The fourth-order valence-corrected chi connectivity index (χ4v) is 1.17. The predicted octanol–water partition coefficient (Wildman–Crippen LogP) is -0.241. The first-order valence-electron chi connectivity index (χ1n) is 5.31. The molecule has 2 unspecified atom stereocenters. The Balaban J connectivity index is 4.44. The molecule has 0 radical (unpaired) electrons. The molecule has 19 heavy (non-hydrogen) atoms. The maximum atomic E-state index is 11.3. The average molecular weight is 276 g/mol. The molecule has 0 aliphatic heterocycles. The molecule has 8 heteroatoms. The minimum atomic E-state index is -2.69. The van der Waals surface area contributed by atoms with Gasteiger partial charge in [-0.1, -0.05) is 6.58 Å². The Morgan fingerprint density at radius 2 is 1.89 bits per heavy atom. The average Bonchev–Trinajstić information content (AvgIpc) is 2.25. The number of carbonyl (C=O) groups excluding carboxylic acids is 1. The molecule has 2 atom stereocenters. The van der Waals surface area contributed by atoms with Gasteiger partial charge in [0, 0.05) is 0 Å². The molecule has 0 aromatic rings. The Hall–Kier alpha value is -2.09. The van der Waals surface area contributed by atoms with E-state index in [-0.39, 0.29) is 6.61 Å². The van der Waals surface area contributed by atoms with Crippen LogP contribution in [0.1, 0.15) is 19.8 Å². The van der Waals surface area contributed by atoms with E-state index >= 15 is 0 Å². The quantitative estimate of drug-likeness (QED) is 0.388. The lowest BCUT2D eigenvalue weighted by atomic mass is 9.96. The number of carboxylic acid groups (broad SMARTS) is 2. The zero-order chi connectivity index (χ0) is 15.1. The first-order chi connectivity index (χ1) is 8.71. The fourth-order valence-electron chi connectivity index (χ4n) is 1.17. The molecule has 0 spiro atoms. The van der Waals surface area contributed by atoms with Crippen LogP contribution in [0.5, 0.6) is 0 Å². The molecule has 0 aromatic heterocycles. The Morgan fingerprint density at radius 3 is 2.32 bits per heavy atom. The number of aliphatic hydroxyl groups is 1. The Morgan fingerprint density at radius 1 is 1.32 bits per heavy atom. The van der Waals surface area contributed by atoms with E-state index in [1.165, 1.54) is 0 Å². The van der Waals surface area contributed by atoms with Crippen molar-refractivity contribution in [3.8, 4) is 0 Å². The molecule has 0 rings (SSSR count). The Bertz CT molecular complexity index is 364. The highest BCUT2D eigenvalue weighted by atomic mass is 16.6. The van der Waals surface area contributed by atoms with Gasteiger partial charge in [-0.2, -0.15) is 0 Å². The molecule has 0 saturated carbocycles. The molecule has 0 saturated heterocycles. The van der Waals surface area contributed by atoms with Crippen molar-refractivity contribution in [2.75, 3.05) is 6.61 Å².